The Bertz CT molecular complexity index is 204. The van der Waals surface area contributed by atoms with Crippen molar-refractivity contribution in [2.24, 2.45) is 11.8 Å². The van der Waals surface area contributed by atoms with Crippen molar-refractivity contribution in [2.45, 2.75) is 45.4 Å². The normalized spacial score (nSPS) is 28.0. The molecule has 0 bridgehead atoms. The molecular formula is C12H18O. The van der Waals surface area contributed by atoms with Crippen LogP contribution in [0.25, 0.3) is 0 Å². The minimum atomic E-state index is 0.0231. The molecule has 1 heteroatoms. The van der Waals surface area contributed by atoms with Gasteiger partial charge in [-0.2, -0.15) is 0 Å². The van der Waals surface area contributed by atoms with Gasteiger partial charge in [-0.1, -0.05) is 19.8 Å². The summed E-state index contributed by atoms with van der Waals surface area (Å²) >= 11 is 0. The fraction of sp³-hybridized carbons (Fsp3) is 0.750. The predicted molar refractivity (Wildman–Crippen MR) is 54.2 cm³/mol. The number of carbonyl (C=O) groups excluding carboxylic acids is 1. The zero-order chi connectivity index (χ0) is 9.68. The third-order valence-corrected chi connectivity index (χ3v) is 3.06. The van der Waals surface area contributed by atoms with E-state index in [9.17, 15) is 4.79 Å². The van der Waals surface area contributed by atoms with Crippen molar-refractivity contribution in [2.75, 3.05) is 0 Å². The van der Waals surface area contributed by atoms with Crippen molar-refractivity contribution in [3.63, 3.8) is 0 Å². The summed E-state index contributed by atoms with van der Waals surface area (Å²) in [5.74, 6) is 3.30. The summed E-state index contributed by atoms with van der Waals surface area (Å²) in [5.41, 5.74) is 0. The van der Waals surface area contributed by atoms with E-state index >= 15 is 0 Å². The molecule has 1 rings (SSSR count). The second-order valence-electron chi connectivity index (χ2n) is 4.01. The summed E-state index contributed by atoms with van der Waals surface area (Å²) in [4.78, 5) is 11.2. The second kappa shape index (κ2) is 5.07. The molecule has 0 amide bonds. The van der Waals surface area contributed by atoms with Crippen molar-refractivity contribution >= 4 is 5.78 Å². The minimum absolute atomic E-state index is 0.0231. The predicted octanol–water partition coefficient (Wildman–Crippen LogP) is 2.80. The molecule has 1 nitrogen and oxygen atoms in total. The smallest absolute Gasteiger partial charge is 0.208 e. The first-order valence-electron chi connectivity index (χ1n) is 5.28. The Labute approximate surface area is 80.9 Å². The Balaban J connectivity index is 2.31. The van der Waals surface area contributed by atoms with E-state index in [0.717, 1.165) is 18.8 Å². The first-order valence-corrected chi connectivity index (χ1v) is 5.28. The Hall–Kier alpha value is -0.770. The Morgan fingerprint density at radius 3 is 2.46 bits per heavy atom. The van der Waals surface area contributed by atoms with Crippen LogP contribution in [-0.4, -0.2) is 5.78 Å². The van der Waals surface area contributed by atoms with Crippen molar-refractivity contribution in [3.8, 4) is 12.3 Å². The molecule has 0 aliphatic heterocycles. The highest BCUT2D eigenvalue weighted by molar-refractivity contribution is 5.96. The van der Waals surface area contributed by atoms with Crippen LogP contribution in [-0.2, 0) is 4.79 Å². The van der Waals surface area contributed by atoms with Gasteiger partial charge >= 0.3 is 0 Å². The van der Waals surface area contributed by atoms with Gasteiger partial charge in [-0.25, -0.2) is 0 Å². The highest BCUT2D eigenvalue weighted by Gasteiger charge is 2.24. The molecule has 0 N–H and O–H groups in total. The molecule has 0 aromatic carbocycles. The van der Waals surface area contributed by atoms with Gasteiger partial charge in [0.15, 0.2) is 0 Å². The van der Waals surface area contributed by atoms with Crippen LogP contribution in [0.1, 0.15) is 45.4 Å². The van der Waals surface area contributed by atoms with Crippen molar-refractivity contribution in [1.29, 1.82) is 0 Å². The molecule has 72 valence electrons. The van der Waals surface area contributed by atoms with E-state index in [1.165, 1.54) is 25.7 Å². The number of Topliss-reactive ketones (excluding diaryl/α,β-unsaturated/α-hetero) is 1. The fourth-order valence-electron chi connectivity index (χ4n) is 2.24. The van der Waals surface area contributed by atoms with Crippen molar-refractivity contribution in [1.82, 2.24) is 0 Å². The number of hydrogen-bond donors (Lipinski definition) is 0. The van der Waals surface area contributed by atoms with Gasteiger partial charge in [0.1, 0.15) is 0 Å². The maximum absolute atomic E-state index is 11.2. The summed E-state index contributed by atoms with van der Waals surface area (Å²) in [6.45, 7) is 2.22. The fourth-order valence-corrected chi connectivity index (χ4v) is 2.24. The third-order valence-electron chi connectivity index (χ3n) is 3.06. The zero-order valence-corrected chi connectivity index (χ0v) is 8.38. The van der Waals surface area contributed by atoms with Crippen LogP contribution in [0, 0.1) is 24.2 Å². The first-order chi connectivity index (χ1) is 6.27. The van der Waals surface area contributed by atoms with E-state index in [1.807, 2.05) is 0 Å². The highest BCUT2D eigenvalue weighted by Crippen LogP contribution is 2.31. The third kappa shape index (κ3) is 2.88. The zero-order valence-electron chi connectivity index (χ0n) is 8.38. The van der Waals surface area contributed by atoms with Crippen LogP contribution >= 0.6 is 0 Å². The standard InChI is InChI=1S/C12H18O/c1-3-5-10-6-8-11(9-7-10)12(13)4-2/h2,10-11H,3,5-9H2,1H3. The molecule has 0 aromatic heterocycles. The minimum Gasteiger partial charge on any atom is -0.285 e. The number of carbonyl (C=O) groups is 1. The maximum Gasteiger partial charge on any atom is 0.208 e. The number of hydrogen-bond acceptors (Lipinski definition) is 1. The second-order valence-corrected chi connectivity index (χ2v) is 4.01. The maximum atomic E-state index is 11.2. The highest BCUT2D eigenvalue weighted by atomic mass is 16.1. The monoisotopic (exact) mass is 178 g/mol. The van der Waals surface area contributed by atoms with Crippen LogP contribution in [0.2, 0.25) is 0 Å². The molecule has 1 aliphatic carbocycles. The lowest BCUT2D eigenvalue weighted by Gasteiger charge is -2.26. The summed E-state index contributed by atoms with van der Waals surface area (Å²) in [6.07, 6.45) is 12.1. The van der Waals surface area contributed by atoms with Gasteiger partial charge in [0.05, 0.1) is 0 Å². The molecule has 0 radical (unpaired) electrons. The molecule has 1 saturated carbocycles. The molecule has 1 aliphatic rings. The first kappa shape index (κ1) is 10.3. The summed E-state index contributed by atoms with van der Waals surface area (Å²) in [7, 11) is 0. The summed E-state index contributed by atoms with van der Waals surface area (Å²) in [5, 5.41) is 0. The number of rotatable bonds is 3. The average molecular weight is 178 g/mol. The van der Waals surface area contributed by atoms with E-state index in [0.29, 0.717) is 0 Å². The van der Waals surface area contributed by atoms with E-state index < -0.39 is 0 Å². The molecule has 13 heavy (non-hydrogen) atoms. The average Bonchev–Trinajstić information content (AvgIpc) is 2.18. The molecule has 0 heterocycles. The van der Waals surface area contributed by atoms with Crippen LogP contribution in [0.4, 0.5) is 0 Å². The van der Waals surface area contributed by atoms with Gasteiger partial charge in [0, 0.05) is 5.92 Å². The molecule has 0 unspecified atom stereocenters. The van der Waals surface area contributed by atoms with Crippen molar-refractivity contribution < 1.29 is 4.79 Å². The van der Waals surface area contributed by atoms with E-state index in [2.05, 4.69) is 12.8 Å². The molecule has 0 spiro atoms. The lowest BCUT2D eigenvalue weighted by molar-refractivity contribution is -0.118. The lowest BCUT2D eigenvalue weighted by Crippen LogP contribution is -2.20. The van der Waals surface area contributed by atoms with E-state index in [-0.39, 0.29) is 11.7 Å². The molecular weight excluding hydrogens is 160 g/mol. The molecule has 1 fully saturated rings. The van der Waals surface area contributed by atoms with Crippen molar-refractivity contribution in [3.05, 3.63) is 0 Å². The number of ketones is 1. The molecule has 0 saturated heterocycles. The quantitative estimate of drug-likeness (QED) is 0.480. The van der Waals surface area contributed by atoms with E-state index in [4.69, 9.17) is 6.42 Å². The summed E-state index contributed by atoms with van der Waals surface area (Å²) < 4.78 is 0. The van der Waals surface area contributed by atoms with Crippen LogP contribution in [0.15, 0.2) is 0 Å². The Kier molecular flexibility index (Phi) is 4.02. The molecule has 0 atom stereocenters. The van der Waals surface area contributed by atoms with Gasteiger partial charge in [0.2, 0.25) is 5.78 Å². The summed E-state index contributed by atoms with van der Waals surface area (Å²) in [6, 6.07) is 0. The topological polar surface area (TPSA) is 17.1 Å². The van der Waals surface area contributed by atoms with Gasteiger partial charge in [-0.15, -0.1) is 6.42 Å². The number of terminal acetylenes is 1. The molecule has 0 aromatic rings. The van der Waals surface area contributed by atoms with Crippen LogP contribution in [0.5, 0.6) is 0 Å². The largest absolute Gasteiger partial charge is 0.285 e. The van der Waals surface area contributed by atoms with E-state index in [1.54, 1.807) is 0 Å². The Morgan fingerprint density at radius 1 is 1.38 bits per heavy atom. The van der Waals surface area contributed by atoms with Crippen LogP contribution in [0.3, 0.4) is 0 Å². The van der Waals surface area contributed by atoms with Gasteiger partial charge in [-0.3, -0.25) is 4.79 Å². The van der Waals surface area contributed by atoms with Gasteiger partial charge < -0.3 is 0 Å². The Morgan fingerprint density at radius 2 is 2.00 bits per heavy atom. The van der Waals surface area contributed by atoms with Gasteiger partial charge in [-0.05, 0) is 37.5 Å². The lowest BCUT2D eigenvalue weighted by atomic mass is 9.78. The SMILES string of the molecule is C#CC(=O)C1CCC(CCC)CC1. The van der Waals surface area contributed by atoms with Gasteiger partial charge in [0.25, 0.3) is 0 Å². The van der Waals surface area contributed by atoms with Crippen LogP contribution < -0.4 is 0 Å².